The van der Waals surface area contributed by atoms with E-state index >= 15 is 0 Å². The maximum atomic E-state index is 12.1. The number of hydrogen-bond donors (Lipinski definition) is 1. The summed E-state index contributed by atoms with van der Waals surface area (Å²) in [6, 6.07) is 15.2. The Morgan fingerprint density at radius 1 is 1.15 bits per heavy atom. The van der Waals surface area contributed by atoms with E-state index in [1.54, 1.807) is 24.1 Å². The molecule has 2 rings (SSSR count). The van der Waals surface area contributed by atoms with Crippen molar-refractivity contribution >= 4 is 23.4 Å². The first-order valence-electron chi connectivity index (χ1n) is 6.44. The summed E-state index contributed by atoms with van der Waals surface area (Å²) < 4.78 is 0. The number of likely N-dealkylation sites (N-methyl/N-ethyl adjacent to an activating group) is 1. The van der Waals surface area contributed by atoms with Crippen molar-refractivity contribution < 1.29 is 4.79 Å². The molecule has 20 heavy (non-hydrogen) atoms. The molecule has 0 heterocycles. The average molecular weight is 266 g/mol. The molecule has 0 aromatic heterocycles. The summed E-state index contributed by atoms with van der Waals surface area (Å²) in [5.74, 6) is -0.0626. The molecule has 2 aromatic rings. The van der Waals surface area contributed by atoms with Gasteiger partial charge in [-0.15, -0.1) is 0 Å². The van der Waals surface area contributed by atoms with E-state index < -0.39 is 0 Å². The first kappa shape index (κ1) is 13.9. The van der Waals surface area contributed by atoms with Crippen LogP contribution in [0.15, 0.2) is 54.6 Å². The van der Waals surface area contributed by atoms with E-state index in [0.29, 0.717) is 5.69 Å². The third-order valence-corrected chi connectivity index (χ3v) is 3.07. The van der Waals surface area contributed by atoms with Gasteiger partial charge in [0.25, 0.3) is 5.91 Å². The quantitative estimate of drug-likeness (QED) is 0.684. The van der Waals surface area contributed by atoms with Crippen LogP contribution in [0.5, 0.6) is 0 Å². The number of rotatable bonds is 3. The average Bonchev–Trinajstić information content (AvgIpc) is 2.45. The summed E-state index contributed by atoms with van der Waals surface area (Å²) in [6.07, 6.45) is 3.35. The summed E-state index contributed by atoms with van der Waals surface area (Å²) >= 11 is 0. The van der Waals surface area contributed by atoms with Crippen LogP contribution < -0.4 is 10.6 Å². The Labute approximate surface area is 119 Å². The van der Waals surface area contributed by atoms with Gasteiger partial charge in [0.2, 0.25) is 0 Å². The van der Waals surface area contributed by atoms with Crippen molar-refractivity contribution in [1.82, 2.24) is 0 Å². The second-order valence-electron chi connectivity index (χ2n) is 4.74. The maximum absolute atomic E-state index is 12.1. The van der Waals surface area contributed by atoms with Crippen molar-refractivity contribution in [3.63, 3.8) is 0 Å². The molecule has 0 aliphatic carbocycles. The zero-order chi connectivity index (χ0) is 14.5. The highest BCUT2D eigenvalue weighted by molar-refractivity contribution is 6.03. The molecule has 0 radical (unpaired) electrons. The largest absolute Gasteiger partial charge is 0.399 e. The van der Waals surface area contributed by atoms with Gasteiger partial charge in [0.1, 0.15) is 0 Å². The van der Waals surface area contributed by atoms with Crippen LogP contribution in [0.3, 0.4) is 0 Å². The van der Waals surface area contributed by atoms with Crippen LogP contribution in [-0.2, 0) is 4.79 Å². The van der Waals surface area contributed by atoms with E-state index in [-0.39, 0.29) is 5.91 Å². The number of nitrogens with two attached hydrogens (primary N) is 1. The lowest BCUT2D eigenvalue weighted by Crippen LogP contribution is -2.23. The third-order valence-electron chi connectivity index (χ3n) is 3.07. The van der Waals surface area contributed by atoms with Crippen molar-refractivity contribution in [1.29, 1.82) is 0 Å². The summed E-state index contributed by atoms with van der Waals surface area (Å²) in [5, 5.41) is 0. The lowest BCUT2D eigenvalue weighted by atomic mass is 10.2. The van der Waals surface area contributed by atoms with Crippen molar-refractivity contribution in [3.8, 4) is 0 Å². The fourth-order valence-corrected chi connectivity index (χ4v) is 1.85. The predicted octanol–water partition coefficient (Wildman–Crippen LogP) is 3.25. The second-order valence-corrected chi connectivity index (χ2v) is 4.74. The Kier molecular flexibility index (Phi) is 4.20. The van der Waals surface area contributed by atoms with Crippen LogP contribution in [0.2, 0.25) is 0 Å². The molecule has 1 amide bonds. The summed E-state index contributed by atoms with van der Waals surface area (Å²) in [5.41, 5.74) is 9.30. The normalized spacial score (nSPS) is 10.7. The van der Waals surface area contributed by atoms with Crippen molar-refractivity contribution in [2.75, 3.05) is 17.7 Å². The highest BCUT2D eigenvalue weighted by Crippen LogP contribution is 2.15. The first-order chi connectivity index (χ1) is 9.56. The highest BCUT2D eigenvalue weighted by atomic mass is 16.2. The molecule has 0 aliphatic heterocycles. The van der Waals surface area contributed by atoms with E-state index in [1.807, 2.05) is 55.5 Å². The molecule has 0 spiro atoms. The van der Waals surface area contributed by atoms with Crippen LogP contribution >= 0.6 is 0 Å². The molecule has 0 aliphatic rings. The van der Waals surface area contributed by atoms with Crippen LogP contribution in [0, 0.1) is 6.92 Å². The van der Waals surface area contributed by atoms with Crippen molar-refractivity contribution in [2.24, 2.45) is 0 Å². The topological polar surface area (TPSA) is 46.3 Å². The fraction of sp³-hybridized carbons (Fsp3) is 0.118. The third kappa shape index (κ3) is 3.48. The van der Waals surface area contributed by atoms with Gasteiger partial charge in [-0.1, -0.05) is 24.3 Å². The Morgan fingerprint density at radius 2 is 1.85 bits per heavy atom. The van der Waals surface area contributed by atoms with Gasteiger partial charge in [-0.3, -0.25) is 4.79 Å². The molecule has 0 bridgehead atoms. The molecule has 2 N–H and O–H groups in total. The smallest absolute Gasteiger partial charge is 0.250 e. The minimum Gasteiger partial charge on any atom is -0.399 e. The van der Waals surface area contributed by atoms with E-state index in [2.05, 4.69) is 0 Å². The number of aryl methyl sites for hydroxylation is 1. The van der Waals surface area contributed by atoms with Gasteiger partial charge in [0.05, 0.1) is 0 Å². The van der Waals surface area contributed by atoms with Gasteiger partial charge >= 0.3 is 0 Å². The SMILES string of the molecule is Cc1cccc(N(C)C(=O)/C=C/c2ccc(N)cc2)c1. The van der Waals surface area contributed by atoms with Crippen LogP contribution in [0.1, 0.15) is 11.1 Å². The van der Waals surface area contributed by atoms with E-state index in [4.69, 9.17) is 5.73 Å². The summed E-state index contributed by atoms with van der Waals surface area (Å²) in [7, 11) is 1.77. The molecule has 0 fully saturated rings. The zero-order valence-electron chi connectivity index (χ0n) is 11.7. The number of hydrogen-bond acceptors (Lipinski definition) is 2. The molecule has 0 saturated carbocycles. The molecule has 3 nitrogen and oxygen atoms in total. The molecular formula is C17H18N2O. The number of amides is 1. The van der Waals surface area contributed by atoms with Gasteiger partial charge in [0.15, 0.2) is 0 Å². The molecule has 0 unspecified atom stereocenters. The van der Waals surface area contributed by atoms with E-state index in [1.165, 1.54) is 0 Å². The van der Waals surface area contributed by atoms with Crippen LogP contribution in [-0.4, -0.2) is 13.0 Å². The molecular weight excluding hydrogens is 248 g/mol. The number of benzene rings is 2. The van der Waals surface area contributed by atoms with Gasteiger partial charge in [-0.25, -0.2) is 0 Å². The number of nitrogens with zero attached hydrogens (tertiary/aromatic N) is 1. The number of nitrogen functional groups attached to an aromatic ring is 1. The summed E-state index contributed by atoms with van der Waals surface area (Å²) in [4.78, 5) is 13.7. The van der Waals surface area contributed by atoms with Gasteiger partial charge in [-0.05, 0) is 48.4 Å². The predicted molar refractivity (Wildman–Crippen MR) is 84.5 cm³/mol. The number of carbonyl (C=O) groups is 1. The first-order valence-corrected chi connectivity index (χ1v) is 6.44. The minimum atomic E-state index is -0.0626. The van der Waals surface area contributed by atoms with Gasteiger partial charge in [0, 0.05) is 24.5 Å². The van der Waals surface area contributed by atoms with Gasteiger partial charge < -0.3 is 10.6 Å². The van der Waals surface area contributed by atoms with E-state index in [9.17, 15) is 4.79 Å². The lowest BCUT2D eigenvalue weighted by molar-refractivity contribution is -0.113. The molecule has 0 saturated heterocycles. The van der Waals surface area contributed by atoms with Gasteiger partial charge in [-0.2, -0.15) is 0 Å². The van der Waals surface area contributed by atoms with Crippen molar-refractivity contribution in [2.45, 2.75) is 6.92 Å². The lowest BCUT2D eigenvalue weighted by Gasteiger charge is -2.15. The van der Waals surface area contributed by atoms with Crippen LogP contribution in [0.25, 0.3) is 6.08 Å². The minimum absolute atomic E-state index is 0.0626. The molecule has 102 valence electrons. The fourth-order valence-electron chi connectivity index (χ4n) is 1.85. The zero-order valence-corrected chi connectivity index (χ0v) is 11.7. The van der Waals surface area contributed by atoms with E-state index in [0.717, 1.165) is 16.8 Å². The standard InChI is InChI=1S/C17H18N2O/c1-13-4-3-5-16(12-13)19(2)17(20)11-8-14-6-9-15(18)10-7-14/h3-12H,18H2,1-2H3/b11-8+. The summed E-state index contributed by atoms with van der Waals surface area (Å²) in [6.45, 7) is 2.01. The highest BCUT2D eigenvalue weighted by Gasteiger charge is 2.07. The van der Waals surface area contributed by atoms with Crippen molar-refractivity contribution in [3.05, 3.63) is 65.7 Å². The Hall–Kier alpha value is -2.55. The second kappa shape index (κ2) is 6.06. The maximum Gasteiger partial charge on any atom is 0.250 e. The molecule has 2 aromatic carbocycles. The molecule has 0 atom stereocenters. The van der Waals surface area contributed by atoms with Crippen LogP contribution in [0.4, 0.5) is 11.4 Å². The monoisotopic (exact) mass is 266 g/mol. The Morgan fingerprint density at radius 3 is 2.50 bits per heavy atom. The number of carbonyl (C=O) groups excluding carboxylic acids is 1. The Bertz CT molecular complexity index is 630. The molecule has 3 heteroatoms. The Balaban J connectivity index is 2.09. The number of anilines is 2.